The summed E-state index contributed by atoms with van der Waals surface area (Å²) in [5, 5.41) is 0. The quantitative estimate of drug-likeness (QED) is 0.228. The first-order valence-electron chi connectivity index (χ1n) is 7.06. The van der Waals surface area contributed by atoms with Crippen molar-refractivity contribution in [3.05, 3.63) is 0 Å². The van der Waals surface area contributed by atoms with Gasteiger partial charge in [0.1, 0.15) is 0 Å². The molecule has 0 radical (unpaired) electrons. The first-order valence-corrected chi connectivity index (χ1v) is 8.31. The average molecular weight is 390 g/mol. The number of unbranched alkanes of at least 4 members (excludes halogenated alkanes) is 4. The molecule has 0 aliphatic carbocycles. The zero-order valence-corrected chi connectivity index (χ0v) is 14.2. The summed E-state index contributed by atoms with van der Waals surface area (Å²) in [7, 11) is 0. The molecule has 0 bridgehead atoms. The second kappa shape index (κ2) is 9.88. The van der Waals surface area contributed by atoms with Gasteiger partial charge in [-0.3, -0.25) is 0 Å². The van der Waals surface area contributed by atoms with Crippen LogP contribution in [0.3, 0.4) is 0 Å². The van der Waals surface area contributed by atoms with Crippen LogP contribution < -0.4 is 0 Å². The number of hydrogen-bond donors (Lipinski definition) is 0. The van der Waals surface area contributed by atoms with Crippen molar-refractivity contribution in [3.63, 3.8) is 0 Å². The minimum atomic E-state index is -3.38. The summed E-state index contributed by atoms with van der Waals surface area (Å²) in [6.45, 7) is 5.10. The molecule has 0 aliphatic rings. The van der Waals surface area contributed by atoms with E-state index >= 15 is 0 Å². The Morgan fingerprint density at radius 1 is 1.21 bits per heavy atom. The van der Waals surface area contributed by atoms with Crippen LogP contribution >= 0.6 is 22.6 Å². The number of carbonyl (C=O) groups excluding carboxylic acids is 1. The Kier molecular flexibility index (Phi) is 9.92. The second-order valence-electron chi connectivity index (χ2n) is 4.85. The molecule has 0 saturated carbocycles. The Balaban J connectivity index is 4.15. The third-order valence-electron chi connectivity index (χ3n) is 3.25. The molecule has 0 aromatic heterocycles. The van der Waals surface area contributed by atoms with E-state index in [4.69, 9.17) is 0 Å². The van der Waals surface area contributed by atoms with Crippen LogP contribution in [0, 0.1) is 5.92 Å². The summed E-state index contributed by atoms with van der Waals surface area (Å²) in [6.07, 6.45) is 6.26. The monoisotopic (exact) mass is 390 g/mol. The van der Waals surface area contributed by atoms with E-state index in [1.807, 2.05) is 22.6 Å². The Morgan fingerprint density at radius 3 is 2.32 bits per heavy atom. The minimum absolute atomic E-state index is 0.00985. The smallest absolute Gasteiger partial charge is 0.377 e. The summed E-state index contributed by atoms with van der Waals surface area (Å²) in [5.74, 6) is -5.76. The molecule has 114 valence electrons. The highest BCUT2D eigenvalue weighted by molar-refractivity contribution is 14.1. The first kappa shape index (κ1) is 19.1. The Hall–Kier alpha value is 0.0600. The van der Waals surface area contributed by atoms with E-state index in [0.717, 1.165) is 25.7 Å². The number of halogens is 3. The van der Waals surface area contributed by atoms with E-state index in [1.165, 1.54) is 26.7 Å². The second-order valence-corrected chi connectivity index (χ2v) is 6.45. The van der Waals surface area contributed by atoms with Crippen LogP contribution in [0.5, 0.6) is 0 Å². The molecule has 2 atom stereocenters. The Labute approximate surface area is 128 Å². The van der Waals surface area contributed by atoms with Crippen molar-refractivity contribution in [1.82, 2.24) is 0 Å². The molecule has 0 N–H and O–H groups in total. The largest absolute Gasteiger partial charge is 0.462 e. The van der Waals surface area contributed by atoms with E-state index in [9.17, 15) is 13.6 Å². The van der Waals surface area contributed by atoms with Gasteiger partial charge in [0.05, 0.1) is 6.61 Å². The first-order chi connectivity index (χ1) is 8.87. The number of carbonyl (C=O) groups is 1. The molecule has 0 saturated heterocycles. The van der Waals surface area contributed by atoms with Crippen molar-refractivity contribution in [2.45, 2.75) is 69.1 Å². The van der Waals surface area contributed by atoms with Crippen molar-refractivity contribution >= 4 is 28.6 Å². The van der Waals surface area contributed by atoms with Crippen LogP contribution in [-0.4, -0.2) is 22.4 Å². The van der Waals surface area contributed by atoms with E-state index in [2.05, 4.69) is 11.7 Å². The summed E-state index contributed by atoms with van der Waals surface area (Å²) in [6, 6.07) is 0. The fourth-order valence-corrected chi connectivity index (χ4v) is 2.73. The van der Waals surface area contributed by atoms with Gasteiger partial charge >= 0.3 is 11.9 Å². The van der Waals surface area contributed by atoms with Gasteiger partial charge in [-0.15, -0.1) is 0 Å². The van der Waals surface area contributed by atoms with Gasteiger partial charge in [-0.1, -0.05) is 68.5 Å². The predicted molar refractivity (Wildman–Crippen MR) is 81.9 cm³/mol. The average Bonchev–Trinajstić information content (AvgIpc) is 2.37. The normalized spacial score (nSPS) is 15.1. The molecule has 0 spiro atoms. The SMILES string of the molecule is CCCCCCCC(I)C(C)C(F)(F)C(=O)OCC. The molecule has 0 fully saturated rings. The standard InChI is InChI=1S/C14H25F2IO2/c1-4-6-7-8-9-10-12(17)11(3)14(15,16)13(18)19-5-2/h11-12H,4-10H2,1-3H3. The number of ether oxygens (including phenoxy) is 1. The van der Waals surface area contributed by atoms with Gasteiger partial charge in [0.15, 0.2) is 0 Å². The highest BCUT2D eigenvalue weighted by Crippen LogP contribution is 2.34. The summed E-state index contributed by atoms with van der Waals surface area (Å²) in [4.78, 5) is 11.3. The van der Waals surface area contributed by atoms with Crippen LogP contribution in [0.2, 0.25) is 0 Å². The Bertz CT molecular complexity index is 260. The van der Waals surface area contributed by atoms with Crippen LogP contribution in [-0.2, 0) is 9.53 Å². The molecule has 0 aromatic carbocycles. The summed E-state index contributed by atoms with van der Waals surface area (Å²) < 4.78 is 31.8. The van der Waals surface area contributed by atoms with E-state index < -0.39 is 17.8 Å². The minimum Gasteiger partial charge on any atom is -0.462 e. The van der Waals surface area contributed by atoms with Gasteiger partial charge in [-0.05, 0) is 13.3 Å². The van der Waals surface area contributed by atoms with Crippen molar-refractivity contribution in [2.24, 2.45) is 5.92 Å². The van der Waals surface area contributed by atoms with Crippen molar-refractivity contribution in [1.29, 1.82) is 0 Å². The number of alkyl halides is 3. The molecule has 19 heavy (non-hydrogen) atoms. The van der Waals surface area contributed by atoms with Gasteiger partial charge in [-0.25, -0.2) is 4.79 Å². The third kappa shape index (κ3) is 6.86. The summed E-state index contributed by atoms with van der Waals surface area (Å²) >= 11 is 2.03. The maximum absolute atomic E-state index is 13.8. The molecule has 5 heteroatoms. The molecular formula is C14H25F2IO2. The molecule has 2 nitrogen and oxygen atoms in total. The summed E-state index contributed by atoms with van der Waals surface area (Å²) in [5.41, 5.74) is 0. The zero-order valence-electron chi connectivity index (χ0n) is 12.1. The Morgan fingerprint density at radius 2 is 1.79 bits per heavy atom. The number of hydrogen-bond acceptors (Lipinski definition) is 2. The fourth-order valence-electron chi connectivity index (χ4n) is 1.83. The van der Waals surface area contributed by atoms with Crippen LogP contribution in [0.4, 0.5) is 8.78 Å². The van der Waals surface area contributed by atoms with E-state index in [-0.39, 0.29) is 10.5 Å². The highest BCUT2D eigenvalue weighted by Gasteiger charge is 2.48. The maximum atomic E-state index is 13.8. The van der Waals surface area contributed by atoms with Crippen molar-refractivity contribution in [3.8, 4) is 0 Å². The molecule has 0 aliphatic heterocycles. The number of rotatable bonds is 10. The van der Waals surface area contributed by atoms with Crippen LogP contribution in [0.1, 0.15) is 59.3 Å². The van der Waals surface area contributed by atoms with Gasteiger partial charge < -0.3 is 4.74 Å². The van der Waals surface area contributed by atoms with E-state index in [0.29, 0.717) is 0 Å². The molecule has 0 rings (SSSR count). The zero-order chi connectivity index (χ0) is 14.9. The van der Waals surface area contributed by atoms with Crippen molar-refractivity contribution in [2.75, 3.05) is 6.61 Å². The molecule has 2 unspecified atom stereocenters. The maximum Gasteiger partial charge on any atom is 0.377 e. The predicted octanol–water partition coefficient (Wildman–Crippen LogP) is 4.99. The molecule has 0 heterocycles. The molecular weight excluding hydrogens is 365 g/mol. The highest BCUT2D eigenvalue weighted by atomic mass is 127. The lowest BCUT2D eigenvalue weighted by Gasteiger charge is -2.25. The van der Waals surface area contributed by atoms with Crippen LogP contribution in [0.15, 0.2) is 0 Å². The van der Waals surface area contributed by atoms with Crippen LogP contribution in [0.25, 0.3) is 0 Å². The van der Waals surface area contributed by atoms with Gasteiger partial charge in [0, 0.05) is 9.84 Å². The van der Waals surface area contributed by atoms with Gasteiger partial charge in [0.2, 0.25) is 0 Å². The van der Waals surface area contributed by atoms with E-state index in [1.54, 1.807) is 0 Å². The van der Waals surface area contributed by atoms with Gasteiger partial charge in [-0.2, -0.15) is 8.78 Å². The lowest BCUT2D eigenvalue weighted by atomic mass is 9.96. The number of esters is 1. The lowest BCUT2D eigenvalue weighted by molar-refractivity contribution is -0.178. The van der Waals surface area contributed by atoms with Gasteiger partial charge in [0.25, 0.3) is 0 Å². The third-order valence-corrected chi connectivity index (χ3v) is 4.95. The van der Waals surface area contributed by atoms with Crippen molar-refractivity contribution < 1.29 is 18.3 Å². The lowest BCUT2D eigenvalue weighted by Crippen LogP contribution is -2.41. The topological polar surface area (TPSA) is 26.3 Å². The fraction of sp³-hybridized carbons (Fsp3) is 0.929. The molecule has 0 amide bonds. The molecule has 0 aromatic rings.